The van der Waals surface area contributed by atoms with E-state index < -0.39 is 5.91 Å². The van der Waals surface area contributed by atoms with Crippen LogP contribution < -0.4 is 14.2 Å². The molecule has 2 aromatic carbocycles. The predicted octanol–water partition coefficient (Wildman–Crippen LogP) is 4.80. The summed E-state index contributed by atoms with van der Waals surface area (Å²) in [5, 5.41) is 15.4. The largest absolute Gasteiger partial charge is 0.493 e. The zero-order valence-electron chi connectivity index (χ0n) is 19.5. The van der Waals surface area contributed by atoms with Crippen LogP contribution in [-0.2, 0) is 4.79 Å². The molecule has 0 aliphatic carbocycles. The van der Waals surface area contributed by atoms with Gasteiger partial charge >= 0.3 is 0 Å². The summed E-state index contributed by atoms with van der Waals surface area (Å²) in [6.07, 6.45) is 2.33. The number of aryl methyl sites for hydroxylation is 2. The molecule has 0 spiro atoms. The molecule has 0 atom stereocenters. The van der Waals surface area contributed by atoms with Crippen LogP contribution in [0.3, 0.4) is 0 Å². The molecule has 2 aliphatic rings. The molecule has 2 aromatic rings. The van der Waals surface area contributed by atoms with Gasteiger partial charge in [-0.3, -0.25) is 10.2 Å². The number of nitrogens with one attached hydrogen (secondary N) is 1. The van der Waals surface area contributed by atoms with Crippen molar-refractivity contribution >= 4 is 39.8 Å². The molecule has 8 nitrogen and oxygen atoms in total. The number of carbonyl (C=O) groups excluding carboxylic acids is 1. The highest BCUT2D eigenvalue weighted by Gasteiger charge is 2.35. The van der Waals surface area contributed by atoms with Crippen LogP contribution in [0.2, 0.25) is 0 Å². The molecule has 34 heavy (non-hydrogen) atoms. The Morgan fingerprint density at radius 1 is 1.06 bits per heavy atom. The number of rotatable bonds is 8. The molecule has 9 heteroatoms. The Bertz CT molecular complexity index is 1240. The first-order chi connectivity index (χ1) is 16.4. The fourth-order valence-electron chi connectivity index (χ4n) is 3.35. The number of ether oxygens (including phenoxy) is 3. The van der Waals surface area contributed by atoms with Gasteiger partial charge in [0.25, 0.3) is 5.91 Å². The van der Waals surface area contributed by atoms with E-state index in [0.717, 1.165) is 17.2 Å². The van der Waals surface area contributed by atoms with Crippen LogP contribution in [0.4, 0.5) is 0 Å². The topological polar surface area (TPSA) is 96.6 Å². The zero-order chi connectivity index (χ0) is 24.2. The van der Waals surface area contributed by atoms with E-state index in [4.69, 9.17) is 19.6 Å². The summed E-state index contributed by atoms with van der Waals surface area (Å²) in [5.41, 5.74) is 3.26. The van der Waals surface area contributed by atoms with Gasteiger partial charge in [0, 0.05) is 0 Å². The van der Waals surface area contributed by atoms with Gasteiger partial charge in [-0.15, -0.1) is 0 Å². The highest BCUT2D eigenvalue weighted by Crippen LogP contribution is 2.32. The van der Waals surface area contributed by atoms with Gasteiger partial charge in [-0.2, -0.15) is 15.1 Å². The first kappa shape index (κ1) is 23.6. The summed E-state index contributed by atoms with van der Waals surface area (Å²) in [4.78, 5) is 16.6. The van der Waals surface area contributed by atoms with Crippen molar-refractivity contribution in [1.82, 2.24) is 5.01 Å². The number of amidine groups is 2. The van der Waals surface area contributed by atoms with Crippen molar-refractivity contribution in [2.24, 2.45) is 10.1 Å². The lowest BCUT2D eigenvalue weighted by Crippen LogP contribution is -2.35. The van der Waals surface area contributed by atoms with Crippen molar-refractivity contribution in [3.05, 3.63) is 58.7 Å². The Morgan fingerprint density at radius 3 is 2.59 bits per heavy atom. The number of hydrazone groups is 1. The average Bonchev–Trinajstić information content (AvgIpc) is 3.25. The third-order valence-electron chi connectivity index (χ3n) is 5.39. The molecule has 1 amide bonds. The Balaban J connectivity index is 1.43. The Labute approximate surface area is 202 Å². The molecular weight excluding hydrogens is 452 g/mol. The highest BCUT2D eigenvalue weighted by atomic mass is 32.2. The molecule has 2 heterocycles. The van der Waals surface area contributed by atoms with Crippen molar-refractivity contribution in [2.45, 2.75) is 27.2 Å². The lowest BCUT2D eigenvalue weighted by molar-refractivity contribution is -0.114. The molecule has 2 aliphatic heterocycles. The van der Waals surface area contributed by atoms with E-state index in [1.165, 1.54) is 27.9 Å². The number of carbonyl (C=O) groups is 1. The molecule has 0 bridgehead atoms. The molecule has 4 rings (SSSR count). The van der Waals surface area contributed by atoms with Crippen molar-refractivity contribution in [1.29, 1.82) is 5.41 Å². The lowest BCUT2D eigenvalue weighted by Gasteiger charge is -2.20. The van der Waals surface area contributed by atoms with Crippen molar-refractivity contribution in [2.75, 3.05) is 20.3 Å². The highest BCUT2D eigenvalue weighted by molar-refractivity contribution is 8.26. The average molecular weight is 479 g/mol. The quantitative estimate of drug-likeness (QED) is 0.432. The van der Waals surface area contributed by atoms with E-state index in [9.17, 15) is 4.79 Å². The molecule has 176 valence electrons. The smallest absolute Gasteiger partial charge is 0.283 e. The van der Waals surface area contributed by atoms with Crippen LogP contribution in [0.25, 0.3) is 6.08 Å². The second kappa shape index (κ2) is 10.1. The summed E-state index contributed by atoms with van der Waals surface area (Å²) < 4.78 is 17.1. The van der Waals surface area contributed by atoms with Gasteiger partial charge < -0.3 is 14.2 Å². The standard InChI is InChI=1S/C25H26N4O4S/c1-5-22-28-29-23(26)19(24(30)27-25(29)34-22)13-17-7-9-20(21(14-17)31-4)33-11-10-32-18-8-6-15(2)16(3)12-18/h6-9,12-14,26H,5,10-11H2,1-4H3/b19-13-,26-23?. The van der Waals surface area contributed by atoms with Gasteiger partial charge in [-0.1, -0.05) is 19.1 Å². The minimum atomic E-state index is -0.459. The van der Waals surface area contributed by atoms with Gasteiger partial charge in [-0.05, 0) is 79.1 Å². The zero-order valence-corrected chi connectivity index (χ0v) is 20.4. The summed E-state index contributed by atoms with van der Waals surface area (Å²) in [6, 6.07) is 11.3. The number of hydrogen-bond acceptors (Lipinski definition) is 7. The molecule has 0 aromatic heterocycles. The van der Waals surface area contributed by atoms with E-state index in [0.29, 0.717) is 35.4 Å². The minimum absolute atomic E-state index is 0.00809. The van der Waals surface area contributed by atoms with Crippen LogP contribution in [0.1, 0.15) is 30.0 Å². The number of hydrogen-bond donors (Lipinski definition) is 1. The fourth-order valence-corrected chi connectivity index (χ4v) is 4.17. The number of nitrogens with zero attached hydrogens (tertiary/aromatic N) is 3. The minimum Gasteiger partial charge on any atom is -0.493 e. The molecule has 0 radical (unpaired) electrons. The third-order valence-corrected chi connectivity index (χ3v) is 6.44. The lowest BCUT2D eigenvalue weighted by atomic mass is 10.1. The Morgan fingerprint density at radius 2 is 1.85 bits per heavy atom. The van der Waals surface area contributed by atoms with E-state index in [1.807, 2.05) is 32.0 Å². The van der Waals surface area contributed by atoms with Gasteiger partial charge in [0.15, 0.2) is 17.3 Å². The van der Waals surface area contributed by atoms with Crippen LogP contribution in [-0.4, -0.2) is 47.3 Å². The second-order valence-electron chi connectivity index (χ2n) is 7.72. The SMILES string of the molecule is CCC1=NN2C(=N)/C(=C/c3ccc(OCCOc4ccc(C)c(C)c4)c(OC)c3)C(=O)N=C2S1. The van der Waals surface area contributed by atoms with E-state index >= 15 is 0 Å². The molecule has 1 N–H and O–H groups in total. The van der Waals surface area contributed by atoms with Crippen LogP contribution in [0, 0.1) is 19.3 Å². The van der Waals surface area contributed by atoms with Crippen molar-refractivity contribution in [3.8, 4) is 17.2 Å². The second-order valence-corrected chi connectivity index (χ2v) is 8.76. The number of aliphatic imine (C=N–C) groups is 1. The number of thioether (sulfide) groups is 1. The summed E-state index contributed by atoms with van der Waals surface area (Å²) in [7, 11) is 1.55. The first-order valence-electron chi connectivity index (χ1n) is 10.9. The first-order valence-corrected chi connectivity index (χ1v) is 11.7. The third kappa shape index (κ3) is 4.99. The number of benzene rings is 2. The van der Waals surface area contributed by atoms with E-state index in [-0.39, 0.29) is 11.4 Å². The predicted molar refractivity (Wildman–Crippen MR) is 135 cm³/mol. The number of amides is 1. The van der Waals surface area contributed by atoms with Gasteiger partial charge in [-0.25, -0.2) is 0 Å². The summed E-state index contributed by atoms with van der Waals surface area (Å²) >= 11 is 1.32. The Kier molecular flexibility index (Phi) is 7.02. The fraction of sp³-hybridized carbons (Fsp3) is 0.280. The molecule has 0 unspecified atom stereocenters. The van der Waals surface area contributed by atoms with E-state index in [1.54, 1.807) is 31.4 Å². The van der Waals surface area contributed by atoms with Gasteiger partial charge in [0.2, 0.25) is 5.17 Å². The van der Waals surface area contributed by atoms with E-state index in [2.05, 4.69) is 17.0 Å². The number of methoxy groups -OCH3 is 1. The van der Waals surface area contributed by atoms with Gasteiger partial charge in [0.05, 0.1) is 12.7 Å². The van der Waals surface area contributed by atoms with Crippen molar-refractivity contribution in [3.63, 3.8) is 0 Å². The molecular formula is C25H26N4O4S. The monoisotopic (exact) mass is 478 g/mol. The van der Waals surface area contributed by atoms with Crippen LogP contribution >= 0.6 is 11.8 Å². The maximum Gasteiger partial charge on any atom is 0.283 e. The summed E-state index contributed by atoms with van der Waals surface area (Å²) in [5.74, 6) is 1.43. The normalized spacial score (nSPS) is 16.4. The maximum atomic E-state index is 12.5. The number of fused-ring (bicyclic) bond motifs is 1. The molecule has 0 saturated heterocycles. The van der Waals surface area contributed by atoms with Gasteiger partial charge in [0.1, 0.15) is 24.0 Å². The molecule has 0 fully saturated rings. The Hall–Kier alpha value is -3.59. The van der Waals surface area contributed by atoms with Crippen LogP contribution in [0.5, 0.6) is 17.2 Å². The molecule has 0 saturated carbocycles. The van der Waals surface area contributed by atoms with Crippen molar-refractivity contribution < 1.29 is 19.0 Å². The van der Waals surface area contributed by atoms with Crippen LogP contribution in [0.15, 0.2) is 52.1 Å². The summed E-state index contributed by atoms with van der Waals surface area (Å²) in [6.45, 7) is 6.81. The maximum absolute atomic E-state index is 12.5.